The van der Waals surface area contributed by atoms with Gasteiger partial charge in [0.15, 0.2) is 0 Å². The Hall–Kier alpha value is -0.610. The average molecular weight is 225 g/mol. The Labute approximate surface area is 93.1 Å². The maximum atomic E-state index is 11.6. The second kappa shape index (κ2) is 4.28. The lowest BCUT2D eigenvalue weighted by atomic mass is 10.3. The second-order valence-electron chi connectivity index (χ2n) is 3.03. The Morgan fingerprint density at radius 1 is 1.43 bits per heavy atom. The van der Waals surface area contributed by atoms with Gasteiger partial charge in [0.05, 0.1) is 11.4 Å². The molecule has 1 aliphatic heterocycles. The van der Waals surface area contributed by atoms with Gasteiger partial charge in [-0.15, -0.1) is 11.8 Å². The molecule has 2 rings (SSSR count). The van der Waals surface area contributed by atoms with Gasteiger partial charge in [0.25, 0.3) is 0 Å². The average Bonchev–Trinajstić information content (AvgIpc) is 2.23. The molecule has 0 saturated heterocycles. The molecule has 14 heavy (non-hydrogen) atoms. The molecule has 0 N–H and O–H groups in total. The molecule has 0 atom stereocenters. The topological polar surface area (TPSA) is 20.3 Å². The van der Waals surface area contributed by atoms with Crippen LogP contribution >= 0.6 is 24.4 Å². The number of nitrogens with zero attached hydrogens (tertiary/aromatic N) is 1. The first-order chi connectivity index (χ1) is 6.83. The lowest BCUT2D eigenvalue weighted by molar-refractivity contribution is -0.116. The van der Waals surface area contributed by atoms with E-state index in [1.54, 1.807) is 11.8 Å². The van der Waals surface area contributed by atoms with E-state index < -0.39 is 0 Å². The van der Waals surface area contributed by atoms with Crippen LogP contribution in [0, 0.1) is 0 Å². The van der Waals surface area contributed by atoms with E-state index in [0.29, 0.717) is 18.1 Å². The van der Waals surface area contributed by atoms with E-state index in [1.165, 1.54) is 4.90 Å². The molecule has 0 radical (unpaired) electrons. The molecule has 0 bridgehead atoms. The van der Waals surface area contributed by atoms with E-state index in [1.807, 2.05) is 23.1 Å². The summed E-state index contributed by atoms with van der Waals surface area (Å²) >= 11 is 5.77. The summed E-state index contributed by atoms with van der Waals surface area (Å²) in [5, 5.41) is 0. The van der Waals surface area contributed by atoms with Crippen LogP contribution < -0.4 is 4.90 Å². The van der Waals surface area contributed by atoms with Crippen molar-refractivity contribution in [1.29, 1.82) is 0 Å². The molecule has 1 aromatic rings. The van der Waals surface area contributed by atoms with Crippen molar-refractivity contribution in [3.05, 3.63) is 24.3 Å². The van der Waals surface area contributed by atoms with Crippen LogP contribution in [0.1, 0.15) is 0 Å². The first kappa shape index (κ1) is 9.93. The lowest BCUT2D eigenvalue weighted by Gasteiger charge is -2.28. The summed E-state index contributed by atoms with van der Waals surface area (Å²) in [5.41, 5.74) is 1.03. The maximum Gasteiger partial charge on any atom is 0.237 e. The van der Waals surface area contributed by atoms with E-state index in [9.17, 15) is 4.79 Å². The molecule has 1 aromatic carbocycles. The van der Waals surface area contributed by atoms with E-state index >= 15 is 0 Å². The van der Waals surface area contributed by atoms with E-state index in [4.69, 9.17) is 0 Å². The maximum absolute atomic E-state index is 11.6. The molecule has 0 aromatic heterocycles. The Kier molecular flexibility index (Phi) is 3.03. The van der Waals surface area contributed by atoms with Crippen LogP contribution in [0.25, 0.3) is 0 Å². The van der Waals surface area contributed by atoms with Crippen molar-refractivity contribution in [3.8, 4) is 0 Å². The SMILES string of the molecule is O=C1CSc2ccccc2N1CCS. The third-order valence-electron chi connectivity index (χ3n) is 2.13. The number of carbonyl (C=O) groups is 1. The zero-order valence-electron chi connectivity index (χ0n) is 7.64. The van der Waals surface area contributed by atoms with Crippen LogP contribution in [0.5, 0.6) is 0 Å². The van der Waals surface area contributed by atoms with Gasteiger partial charge >= 0.3 is 0 Å². The Balaban J connectivity index is 2.36. The van der Waals surface area contributed by atoms with E-state index in [2.05, 4.69) is 18.7 Å². The predicted molar refractivity (Wildman–Crippen MR) is 63.4 cm³/mol. The summed E-state index contributed by atoms with van der Waals surface area (Å²) < 4.78 is 0. The highest BCUT2D eigenvalue weighted by atomic mass is 32.2. The molecule has 0 unspecified atom stereocenters. The van der Waals surface area contributed by atoms with Gasteiger partial charge in [0.1, 0.15) is 0 Å². The quantitative estimate of drug-likeness (QED) is 0.777. The molecule has 1 heterocycles. The predicted octanol–water partition coefficient (Wildman–Crippen LogP) is 2.06. The lowest BCUT2D eigenvalue weighted by Crippen LogP contribution is -2.36. The first-order valence-electron chi connectivity index (χ1n) is 4.46. The van der Waals surface area contributed by atoms with E-state index in [-0.39, 0.29) is 5.91 Å². The second-order valence-corrected chi connectivity index (χ2v) is 4.49. The highest BCUT2D eigenvalue weighted by Gasteiger charge is 2.23. The highest BCUT2D eigenvalue weighted by Crippen LogP contribution is 2.34. The summed E-state index contributed by atoms with van der Waals surface area (Å²) in [7, 11) is 0. The first-order valence-corrected chi connectivity index (χ1v) is 6.08. The van der Waals surface area contributed by atoms with E-state index in [0.717, 1.165) is 5.69 Å². The van der Waals surface area contributed by atoms with Gasteiger partial charge in [0, 0.05) is 17.2 Å². The van der Waals surface area contributed by atoms with Crippen LogP contribution in [-0.2, 0) is 4.79 Å². The third kappa shape index (κ3) is 1.77. The van der Waals surface area contributed by atoms with Crippen molar-refractivity contribution in [2.75, 3.05) is 23.0 Å². The van der Waals surface area contributed by atoms with Crippen LogP contribution in [0.15, 0.2) is 29.2 Å². The molecule has 74 valence electrons. The number of rotatable bonds is 2. The van der Waals surface area contributed by atoms with Gasteiger partial charge in [-0.1, -0.05) is 12.1 Å². The third-order valence-corrected chi connectivity index (χ3v) is 3.38. The highest BCUT2D eigenvalue weighted by molar-refractivity contribution is 8.00. The Morgan fingerprint density at radius 2 is 2.21 bits per heavy atom. The van der Waals surface area contributed by atoms with Crippen molar-refractivity contribution in [1.82, 2.24) is 0 Å². The molecule has 0 saturated carbocycles. The summed E-state index contributed by atoms with van der Waals surface area (Å²) in [6.45, 7) is 0.694. The van der Waals surface area contributed by atoms with Gasteiger partial charge in [-0.05, 0) is 12.1 Å². The smallest absolute Gasteiger partial charge is 0.237 e. The molecule has 0 aliphatic carbocycles. The number of hydrogen-bond acceptors (Lipinski definition) is 3. The molecule has 2 nitrogen and oxygen atoms in total. The molecular formula is C10H11NOS2. The monoisotopic (exact) mass is 225 g/mol. The van der Waals surface area contributed by atoms with Crippen molar-refractivity contribution in [2.45, 2.75) is 4.90 Å². The molecular weight excluding hydrogens is 214 g/mol. The molecule has 0 spiro atoms. The van der Waals surface area contributed by atoms with Crippen LogP contribution in [0.2, 0.25) is 0 Å². The molecule has 1 aliphatic rings. The van der Waals surface area contributed by atoms with Gasteiger partial charge in [0.2, 0.25) is 5.91 Å². The van der Waals surface area contributed by atoms with Crippen LogP contribution in [-0.4, -0.2) is 24.0 Å². The number of carbonyl (C=O) groups excluding carboxylic acids is 1. The summed E-state index contributed by atoms with van der Waals surface area (Å²) in [6.07, 6.45) is 0. The van der Waals surface area contributed by atoms with Crippen molar-refractivity contribution in [3.63, 3.8) is 0 Å². The minimum Gasteiger partial charge on any atom is -0.310 e. The van der Waals surface area contributed by atoms with Crippen LogP contribution in [0.4, 0.5) is 5.69 Å². The summed E-state index contributed by atoms with van der Waals surface area (Å²) in [4.78, 5) is 14.6. The number of thioether (sulfide) groups is 1. The minimum atomic E-state index is 0.183. The number of benzene rings is 1. The zero-order chi connectivity index (χ0) is 9.97. The number of anilines is 1. The largest absolute Gasteiger partial charge is 0.310 e. The van der Waals surface area contributed by atoms with Gasteiger partial charge < -0.3 is 4.90 Å². The van der Waals surface area contributed by atoms with Gasteiger partial charge in [-0.25, -0.2) is 0 Å². The van der Waals surface area contributed by atoms with Crippen molar-refractivity contribution < 1.29 is 4.79 Å². The fraction of sp³-hybridized carbons (Fsp3) is 0.300. The minimum absolute atomic E-state index is 0.183. The zero-order valence-corrected chi connectivity index (χ0v) is 9.35. The number of para-hydroxylation sites is 1. The van der Waals surface area contributed by atoms with Gasteiger partial charge in [-0.3, -0.25) is 4.79 Å². The molecule has 1 amide bonds. The fourth-order valence-electron chi connectivity index (χ4n) is 1.50. The molecule has 4 heteroatoms. The number of fused-ring (bicyclic) bond motifs is 1. The summed E-state index contributed by atoms with van der Waals surface area (Å²) in [6, 6.07) is 8.00. The van der Waals surface area contributed by atoms with Gasteiger partial charge in [-0.2, -0.15) is 12.6 Å². The number of thiol groups is 1. The summed E-state index contributed by atoms with van der Waals surface area (Å²) in [5.74, 6) is 1.43. The number of hydrogen-bond donors (Lipinski definition) is 1. The Morgan fingerprint density at radius 3 is 3.00 bits per heavy atom. The standard InChI is InChI=1S/C10H11NOS2/c12-10-7-14-9-4-2-1-3-8(9)11(10)5-6-13/h1-4,13H,5-7H2. The van der Waals surface area contributed by atoms with Crippen LogP contribution in [0.3, 0.4) is 0 Å². The normalized spacial score (nSPS) is 15.5. The number of amides is 1. The Bertz CT molecular complexity index is 354. The van der Waals surface area contributed by atoms with Crippen molar-refractivity contribution >= 4 is 36.0 Å². The van der Waals surface area contributed by atoms with Crippen molar-refractivity contribution in [2.24, 2.45) is 0 Å². The fourth-order valence-corrected chi connectivity index (χ4v) is 2.63. The molecule has 0 fully saturated rings.